The summed E-state index contributed by atoms with van der Waals surface area (Å²) in [4.78, 5) is 0. The van der Waals surface area contributed by atoms with Crippen LogP contribution in [0.5, 0.6) is 0 Å². The van der Waals surface area contributed by atoms with Gasteiger partial charge in [-0.2, -0.15) is 0 Å². The van der Waals surface area contributed by atoms with Crippen LogP contribution in [-0.4, -0.2) is 6.54 Å². The Kier molecular flexibility index (Phi) is 7.74. The van der Waals surface area contributed by atoms with Crippen molar-refractivity contribution in [2.24, 2.45) is 11.7 Å². The summed E-state index contributed by atoms with van der Waals surface area (Å²) in [5, 5.41) is 0. The second kappa shape index (κ2) is 9.23. The van der Waals surface area contributed by atoms with Crippen molar-refractivity contribution >= 4 is 0 Å². The molecule has 17 heavy (non-hydrogen) atoms. The van der Waals surface area contributed by atoms with Crippen molar-refractivity contribution in [3.8, 4) is 0 Å². The third-order valence-electron chi connectivity index (χ3n) is 3.58. The van der Waals surface area contributed by atoms with E-state index in [1.165, 1.54) is 50.5 Å². The van der Waals surface area contributed by atoms with Crippen LogP contribution in [0.1, 0.15) is 51.0 Å². The summed E-state index contributed by atoms with van der Waals surface area (Å²) < 4.78 is 0. The van der Waals surface area contributed by atoms with Gasteiger partial charge in [-0.25, -0.2) is 0 Å². The molecule has 0 radical (unpaired) electrons. The Morgan fingerprint density at radius 2 is 1.71 bits per heavy atom. The first-order valence-corrected chi connectivity index (χ1v) is 7.10. The van der Waals surface area contributed by atoms with E-state index in [1.807, 2.05) is 0 Å². The van der Waals surface area contributed by atoms with E-state index in [0.29, 0.717) is 0 Å². The van der Waals surface area contributed by atoms with Gasteiger partial charge in [0.15, 0.2) is 0 Å². The predicted molar refractivity (Wildman–Crippen MR) is 76.1 cm³/mol. The van der Waals surface area contributed by atoms with Crippen molar-refractivity contribution in [3.63, 3.8) is 0 Å². The van der Waals surface area contributed by atoms with Crippen LogP contribution in [0, 0.1) is 5.92 Å². The van der Waals surface area contributed by atoms with Gasteiger partial charge in [0.05, 0.1) is 0 Å². The minimum absolute atomic E-state index is 0.754. The van der Waals surface area contributed by atoms with Gasteiger partial charge in [-0.1, -0.05) is 62.9 Å². The van der Waals surface area contributed by atoms with Crippen LogP contribution >= 0.6 is 0 Å². The maximum absolute atomic E-state index is 5.70. The van der Waals surface area contributed by atoms with Crippen LogP contribution in [0.3, 0.4) is 0 Å². The molecule has 1 aromatic rings. The zero-order valence-corrected chi connectivity index (χ0v) is 11.2. The van der Waals surface area contributed by atoms with Gasteiger partial charge in [0.1, 0.15) is 0 Å². The summed E-state index contributed by atoms with van der Waals surface area (Å²) in [6.45, 7) is 3.10. The number of aryl methyl sites for hydroxylation is 1. The number of hydrogen-bond donors (Lipinski definition) is 1. The molecule has 1 unspecified atom stereocenters. The molecule has 0 saturated heterocycles. The Labute approximate surface area is 106 Å². The van der Waals surface area contributed by atoms with Crippen LogP contribution in [0.15, 0.2) is 30.3 Å². The summed E-state index contributed by atoms with van der Waals surface area (Å²) in [6, 6.07) is 10.8. The summed E-state index contributed by atoms with van der Waals surface area (Å²) in [6.07, 6.45) is 9.18. The molecule has 0 aliphatic heterocycles. The first-order valence-electron chi connectivity index (χ1n) is 7.10. The average molecular weight is 233 g/mol. The number of benzene rings is 1. The Morgan fingerprint density at radius 1 is 1.00 bits per heavy atom. The molecular formula is C16H27N. The normalized spacial score (nSPS) is 12.6. The van der Waals surface area contributed by atoms with E-state index < -0.39 is 0 Å². The van der Waals surface area contributed by atoms with E-state index in [2.05, 4.69) is 37.3 Å². The quantitative estimate of drug-likeness (QED) is 0.637. The van der Waals surface area contributed by atoms with Crippen molar-refractivity contribution in [1.82, 2.24) is 0 Å². The van der Waals surface area contributed by atoms with Crippen molar-refractivity contribution in [2.75, 3.05) is 6.54 Å². The standard InChI is InChI=1S/C16H27N/c1-2-15(14-17)10-6-3-4-7-11-16-12-8-5-9-13-16/h5,8-9,12-13,15H,2-4,6-7,10-11,14,17H2,1H3. The molecule has 0 fully saturated rings. The van der Waals surface area contributed by atoms with E-state index in [0.717, 1.165) is 12.5 Å². The van der Waals surface area contributed by atoms with Crippen LogP contribution in [0.25, 0.3) is 0 Å². The molecule has 0 aliphatic rings. The Balaban J connectivity index is 1.98. The molecule has 0 spiro atoms. The lowest BCUT2D eigenvalue weighted by Crippen LogP contribution is -2.13. The highest BCUT2D eigenvalue weighted by Gasteiger charge is 2.02. The zero-order chi connectivity index (χ0) is 12.3. The fourth-order valence-corrected chi connectivity index (χ4v) is 2.25. The third-order valence-corrected chi connectivity index (χ3v) is 3.58. The van der Waals surface area contributed by atoms with Gasteiger partial charge >= 0.3 is 0 Å². The topological polar surface area (TPSA) is 26.0 Å². The molecule has 0 bridgehead atoms. The second-order valence-corrected chi connectivity index (χ2v) is 4.95. The smallest absolute Gasteiger partial charge is 0.00490 e. The van der Waals surface area contributed by atoms with Gasteiger partial charge in [-0.05, 0) is 37.3 Å². The lowest BCUT2D eigenvalue weighted by molar-refractivity contribution is 0.449. The summed E-state index contributed by atoms with van der Waals surface area (Å²) in [5.74, 6) is 0.754. The highest BCUT2D eigenvalue weighted by Crippen LogP contribution is 2.14. The van der Waals surface area contributed by atoms with E-state index in [4.69, 9.17) is 5.73 Å². The fraction of sp³-hybridized carbons (Fsp3) is 0.625. The monoisotopic (exact) mass is 233 g/mol. The minimum atomic E-state index is 0.754. The first-order chi connectivity index (χ1) is 8.36. The van der Waals surface area contributed by atoms with E-state index in [-0.39, 0.29) is 0 Å². The molecule has 1 atom stereocenters. The first kappa shape index (κ1) is 14.2. The SMILES string of the molecule is CCC(CN)CCCCCCc1ccccc1. The van der Waals surface area contributed by atoms with Crippen molar-refractivity contribution in [3.05, 3.63) is 35.9 Å². The number of hydrogen-bond acceptors (Lipinski definition) is 1. The zero-order valence-electron chi connectivity index (χ0n) is 11.2. The Hall–Kier alpha value is -0.820. The lowest BCUT2D eigenvalue weighted by Gasteiger charge is -2.11. The lowest BCUT2D eigenvalue weighted by atomic mass is 9.98. The molecule has 0 aromatic heterocycles. The van der Waals surface area contributed by atoms with Crippen molar-refractivity contribution in [2.45, 2.75) is 51.9 Å². The fourth-order valence-electron chi connectivity index (χ4n) is 2.25. The summed E-state index contributed by atoms with van der Waals surface area (Å²) in [5.41, 5.74) is 7.17. The number of rotatable bonds is 9. The molecule has 1 heteroatoms. The molecule has 1 rings (SSSR count). The molecule has 0 aliphatic carbocycles. The highest BCUT2D eigenvalue weighted by atomic mass is 14.5. The predicted octanol–water partition coefficient (Wildman–Crippen LogP) is 4.16. The van der Waals surface area contributed by atoms with Crippen LogP contribution < -0.4 is 5.73 Å². The van der Waals surface area contributed by atoms with Crippen LogP contribution in [-0.2, 0) is 6.42 Å². The van der Waals surface area contributed by atoms with Gasteiger partial charge in [0.2, 0.25) is 0 Å². The molecule has 1 aromatic carbocycles. The van der Waals surface area contributed by atoms with E-state index >= 15 is 0 Å². The molecular weight excluding hydrogens is 206 g/mol. The molecule has 1 nitrogen and oxygen atoms in total. The minimum Gasteiger partial charge on any atom is -0.330 e. The number of nitrogens with two attached hydrogens (primary N) is 1. The molecule has 0 heterocycles. The summed E-state index contributed by atoms with van der Waals surface area (Å²) in [7, 11) is 0. The van der Waals surface area contributed by atoms with Gasteiger partial charge in [0, 0.05) is 0 Å². The van der Waals surface area contributed by atoms with Crippen LogP contribution in [0.2, 0.25) is 0 Å². The second-order valence-electron chi connectivity index (χ2n) is 4.95. The van der Waals surface area contributed by atoms with E-state index in [9.17, 15) is 0 Å². The van der Waals surface area contributed by atoms with Gasteiger partial charge in [-0.3, -0.25) is 0 Å². The molecule has 0 amide bonds. The number of unbranched alkanes of at least 4 members (excludes halogenated alkanes) is 3. The molecule has 0 saturated carbocycles. The molecule has 2 N–H and O–H groups in total. The van der Waals surface area contributed by atoms with Gasteiger partial charge in [0.25, 0.3) is 0 Å². The highest BCUT2D eigenvalue weighted by molar-refractivity contribution is 5.14. The third kappa shape index (κ3) is 6.48. The van der Waals surface area contributed by atoms with E-state index in [1.54, 1.807) is 0 Å². The van der Waals surface area contributed by atoms with Crippen molar-refractivity contribution in [1.29, 1.82) is 0 Å². The largest absolute Gasteiger partial charge is 0.330 e. The van der Waals surface area contributed by atoms with Crippen molar-refractivity contribution < 1.29 is 0 Å². The summed E-state index contributed by atoms with van der Waals surface area (Å²) >= 11 is 0. The van der Waals surface area contributed by atoms with Gasteiger partial charge < -0.3 is 5.73 Å². The molecule has 96 valence electrons. The average Bonchev–Trinajstić information content (AvgIpc) is 2.39. The Morgan fingerprint density at radius 3 is 2.35 bits per heavy atom. The van der Waals surface area contributed by atoms with Gasteiger partial charge in [-0.15, -0.1) is 0 Å². The maximum Gasteiger partial charge on any atom is -0.00490 e. The maximum atomic E-state index is 5.70. The van der Waals surface area contributed by atoms with Crippen LogP contribution in [0.4, 0.5) is 0 Å². The Bertz CT molecular complexity index is 264.